The number of rotatable bonds is 1. The summed E-state index contributed by atoms with van der Waals surface area (Å²) in [7, 11) is 0. The summed E-state index contributed by atoms with van der Waals surface area (Å²) in [5.41, 5.74) is 9.45. The van der Waals surface area contributed by atoms with Gasteiger partial charge >= 0.3 is 0 Å². The highest BCUT2D eigenvalue weighted by Gasteiger charge is 2.21. The van der Waals surface area contributed by atoms with Gasteiger partial charge < -0.3 is 10.6 Å². The third-order valence-corrected chi connectivity index (χ3v) is 3.74. The van der Waals surface area contributed by atoms with E-state index >= 15 is 0 Å². The molecule has 0 unspecified atom stereocenters. The van der Waals surface area contributed by atoms with E-state index in [1.54, 1.807) is 0 Å². The van der Waals surface area contributed by atoms with Crippen molar-refractivity contribution in [2.45, 2.75) is 13.1 Å². The van der Waals surface area contributed by atoms with Gasteiger partial charge in [-0.1, -0.05) is 36.4 Å². The summed E-state index contributed by atoms with van der Waals surface area (Å²) >= 11 is 0. The second-order valence-electron chi connectivity index (χ2n) is 5.05. The first kappa shape index (κ1) is 11.2. The van der Waals surface area contributed by atoms with Crippen LogP contribution < -0.4 is 10.6 Å². The van der Waals surface area contributed by atoms with Gasteiger partial charge in [-0.3, -0.25) is 0 Å². The van der Waals surface area contributed by atoms with Crippen molar-refractivity contribution in [1.82, 2.24) is 9.97 Å². The Morgan fingerprint density at radius 2 is 1.50 bits per heavy atom. The summed E-state index contributed by atoms with van der Waals surface area (Å²) in [5, 5.41) is 1.05. The summed E-state index contributed by atoms with van der Waals surface area (Å²) in [6.45, 7) is 1.74. The Bertz CT molecular complexity index is 772. The largest absolute Gasteiger partial charge is 0.368 e. The summed E-state index contributed by atoms with van der Waals surface area (Å²) in [6.07, 6.45) is 0. The van der Waals surface area contributed by atoms with Gasteiger partial charge in [-0.05, 0) is 23.3 Å². The molecule has 1 aromatic heterocycles. The van der Waals surface area contributed by atoms with E-state index in [0.29, 0.717) is 5.95 Å². The highest BCUT2D eigenvalue weighted by Crippen LogP contribution is 2.31. The maximum absolute atomic E-state index is 5.85. The summed E-state index contributed by atoms with van der Waals surface area (Å²) in [6, 6.07) is 16.5. The molecule has 1 aliphatic rings. The lowest BCUT2D eigenvalue weighted by molar-refractivity contribution is 0.861. The Labute approximate surface area is 116 Å². The van der Waals surface area contributed by atoms with Gasteiger partial charge in [-0.2, -0.15) is 4.98 Å². The zero-order chi connectivity index (χ0) is 13.5. The van der Waals surface area contributed by atoms with Crippen molar-refractivity contribution in [3.05, 3.63) is 59.7 Å². The first-order chi connectivity index (χ1) is 9.81. The smallest absolute Gasteiger partial charge is 0.222 e. The number of nitrogens with two attached hydrogens (primary N) is 1. The van der Waals surface area contributed by atoms with E-state index in [1.165, 1.54) is 11.1 Å². The van der Waals surface area contributed by atoms with E-state index < -0.39 is 0 Å². The zero-order valence-electron chi connectivity index (χ0n) is 11.0. The maximum atomic E-state index is 5.85. The lowest BCUT2D eigenvalue weighted by atomic mass is 10.1. The minimum absolute atomic E-state index is 0.328. The first-order valence-corrected chi connectivity index (χ1v) is 6.65. The normalized spacial score (nSPS) is 13.7. The third-order valence-electron chi connectivity index (χ3n) is 3.74. The molecule has 0 atom stereocenters. The van der Waals surface area contributed by atoms with Crippen molar-refractivity contribution in [2.24, 2.45) is 0 Å². The number of anilines is 2. The average Bonchev–Trinajstić information content (AvgIpc) is 2.90. The molecule has 20 heavy (non-hydrogen) atoms. The number of nitrogens with zero attached hydrogens (tertiary/aromatic N) is 3. The molecule has 4 rings (SSSR count). The fourth-order valence-electron chi connectivity index (χ4n) is 2.80. The van der Waals surface area contributed by atoms with Crippen molar-refractivity contribution in [1.29, 1.82) is 0 Å². The van der Waals surface area contributed by atoms with Gasteiger partial charge in [0.15, 0.2) is 0 Å². The lowest BCUT2D eigenvalue weighted by Gasteiger charge is -2.18. The van der Waals surface area contributed by atoms with Crippen LogP contribution in [0, 0.1) is 0 Å². The number of hydrogen-bond donors (Lipinski definition) is 1. The molecule has 4 nitrogen and oxygen atoms in total. The van der Waals surface area contributed by atoms with E-state index in [4.69, 9.17) is 5.73 Å². The molecule has 0 saturated carbocycles. The van der Waals surface area contributed by atoms with Gasteiger partial charge in [0.25, 0.3) is 0 Å². The van der Waals surface area contributed by atoms with Crippen LogP contribution in [0.3, 0.4) is 0 Å². The molecule has 2 N–H and O–H groups in total. The Morgan fingerprint density at radius 3 is 2.25 bits per heavy atom. The minimum Gasteiger partial charge on any atom is -0.368 e. The molecule has 0 spiro atoms. The van der Waals surface area contributed by atoms with Crippen LogP contribution in [-0.2, 0) is 13.1 Å². The summed E-state index contributed by atoms with van der Waals surface area (Å²) in [5.74, 6) is 1.25. The molecule has 4 heteroatoms. The standard InChI is InChI=1S/C16H14N4/c17-16-18-14-8-4-3-7-13(14)15(19-16)20-9-11-5-1-2-6-12(11)10-20/h1-8H,9-10H2,(H2,17,18,19). The highest BCUT2D eigenvalue weighted by molar-refractivity contribution is 5.90. The summed E-state index contributed by atoms with van der Waals surface area (Å²) in [4.78, 5) is 11.0. The number of nitrogen functional groups attached to an aromatic ring is 1. The molecular formula is C16H14N4. The topological polar surface area (TPSA) is 55.0 Å². The molecule has 0 saturated heterocycles. The molecule has 0 bridgehead atoms. The number of para-hydroxylation sites is 1. The number of fused-ring (bicyclic) bond motifs is 2. The number of aromatic nitrogens is 2. The van der Waals surface area contributed by atoms with Gasteiger partial charge in [0, 0.05) is 18.5 Å². The van der Waals surface area contributed by atoms with Crippen LogP contribution in [0.1, 0.15) is 11.1 Å². The molecule has 1 aliphatic heterocycles. The van der Waals surface area contributed by atoms with Crippen LogP contribution in [0.25, 0.3) is 10.9 Å². The van der Waals surface area contributed by atoms with E-state index in [2.05, 4.69) is 39.1 Å². The predicted octanol–water partition coefficient (Wildman–Crippen LogP) is 2.73. The van der Waals surface area contributed by atoms with Crippen molar-refractivity contribution < 1.29 is 0 Å². The average molecular weight is 262 g/mol. The molecule has 0 aliphatic carbocycles. The van der Waals surface area contributed by atoms with Gasteiger partial charge in [0.05, 0.1) is 5.52 Å². The molecular weight excluding hydrogens is 248 g/mol. The fourth-order valence-corrected chi connectivity index (χ4v) is 2.80. The van der Waals surface area contributed by atoms with Crippen LogP contribution >= 0.6 is 0 Å². The van der Waals surface area contributed by atoms with Gasteiger partial charge in [0.2, 0.25) is 5.95 Å². The second kappa shape index (κ2) is 4.20. The molecule has 0 fully saturated rings. The van der Waals surface area contributed by atoms with E-state index in [1.807, 2.05) is 24.3 Å². The van der Waals surface area contributed by atoms with E-state index in [-0.39, 0.29) is 0 Å². The monoisotopic (exact) mass is 262 g/mol. The molecule has 0 amide bonds. The minimum atomic E-state index is 0.328. The van der Waals surface area contributed by atoms with Crippen LogP contribution in [0.15, 0.2) is 48.5 Å². The molecule has 3 aromatic rings. The van der Waals surface area contributed by atoms with E-state index in [0.717, 1.165) is 29.8 Å². The molecule has 0 radical (unpaired) electrons. The Kier molecular flexibility index (Phi) is 2.36. The van der Waals surface area contributed by atoms with Crippen LogP contribution in [0.2, 0.25) is 0 Å². The van der Waals surface area contributed by atoms with Crippen LogP contribution in [0.5, 0.6) is 0 Å². The molecule has 98 valence electrons. The number of hydrogen-bond acceptors (Lipinski definition) is 4. The molecule has 2 heterocycles. The van der Waals surface area contributed by atoms with Crippen molar-refractivity contribution >= 4 is 22.7 Å². The summed E-state index contributed by atoms with van der Waals surface area (Å²) < 4.78 is 0. The predicted molar refractivity (Wildman–Crippen MR) is 80.3 cm³/mol. The van der Waals surface area contributed by atoms with Crippen molar-refractivity contribution in [3.8, 4) is 0 Å². The van der Waals surface area contributed by atoms with Gasteiger partial charge in [-0.15, -0.1) is 0 Å². The van der Waals surface area contributed by atoms with Crippen LogP contribution in [0.4, 0.5) is 11.8 Å². The van der Waals surface area contributed by atoms with Gasteiger partial charge in [-0.25, -0.2) is 4.98 Å². The Balaban J connectivity index is 1.84. The van der Waals surface area contributed by atoms with Crippen molar-refractivity contribution in [2.75, 3.05) is 10.6 Å². The Morgan fingerprint density at radius 1 is 0.850 bits per heavy atom. The quantitative estimate of drug-likeness (QED) is 0.732. The maximum Gasteiger partial charge on any atom is 0.222 e. The first-order valence-electron chi connectivity index (χ1n) is 6.65. The van der Waals surface area contributed by atoms with Gasteiger partial charge in [0.1, 0.15) is 5.82 Å². The second-order valence-corrected chi connectivity index (χ2v) is 5.05. The Hall–Kier alpha value is -2.62. The highest BCUT2D eigenvalue weighted by atomic mass is 15.2. The third kappa shape index (κ3) is 1.69. The van der Waals surface area contributed by atoms with E-state index in [9.17, 15) is 0 Å². The number of benzene rings is 2. The van der Waals surface area contributed by atoms with Crippen molar-refractivity contribution in [3.63, 3.8) is 0 Å². The SMILES string of the molecule is Nc1nc(N2Cc3ccccc3C2)c2ccccc2n1. The zero-order valence-corrected chi connectivity index (χ0v) is 11.0. The fraction of sp³-hybridized carbons (Fsp3) is 0.125. The lowest BCUT2D eigenvalue weighted by Crippen LogP contribution is -2.17. The molecule has 2 aromatic carbocycles. The van der Waals surface area contributed by atoms with Crippen LogP contribution in [-0.4, -0.2) is 9.97 Å².